The summed E-state index contributed by atoms with van der Waals surface area (Å²) >= 11 is 0. The minimum atomic E-state index is 0.327. The second kappa shape index (κ2) is 5.03. The van der Waals surface area contributed by atoms with Crippen molar-refractivity contribution in [2.24, 2.45) is 5.73 Å². The monoisotopic (exact) mass is 225 g/mol. The predicted octanol–water partition coefficient (Wildman–Crippen LogP) is 1.28. The van der Waals surface area contributed by atoms with E-state index in [4.69, 9.17) is 5.73 Å². The molecule has 4 unspecified atom stereocenters. The van der Waals surface area contributed by atoms with Crippen molar-refractivity contribution in [1.82, 2.24) is 9.80 Å². The van der Waals surface area contributed by atoms with Crippen LogP contribution in [0.2, 0.25) is 0 Å². The molecule has 94 valence electrons. The fourth-order valence-electron chi connectivity index (χ4n) is 3.42. The van der Waals surface area contributed by atoms with E-state index in [2.05, 4.69) is 30.7 Å². The Balaban J connectivity index is 1.93. The summed E-state index contributed by atoms with van der Waals surface area (Å²) in [7, 11) is 2.31. The quantitative estimate of drug-likeness (QED) is 0.785. The standard InChI is InChI=1S/C13H27N3/c1-10(14)8-11(2)16-7-6-12-4-5-13(9-16)15(12)3/h10-13H,4-9,14H2,1-3H3. The van der Waals surface area contributed by atoms with Gasteiger partial charge in [0.05, 0.1) is 0 Å². The van der Waals surface area contributed by atoms with Crippen LogP contribution in [0.4, 0.5) is 0 Å². The molecule has 2 saturated heterocycles. The Hall–Kier alpha value is -0.120. The summed E-state index contributed by atoms with van der Waals surface area (Å²) in [5.74, 6) is 0. The van der Waals surface area contributed by atoms with E-state index < -0.39 is 0 Å². The Morgan fingerprint density at radius 1 is 1.19 bits per heavy atom. The molecule has 4 atom stereocenters. The molecule has 0 aromatic carbocycles. The molecule has 2 N–H and O–H groups in total. The van der Waals surface area contributed by atoms with Crippen molar-refractivity contribution in [2.75, 3.05) is 20.1 Å². The SMILES string of the molecule is CC(N)CC(C)N1CCC2CCC(C1)N2C. The molecule has 0 aromatic rings. The third-order valence-corrected chi connectivity index (χ3v) is 4.52. The lowest BCUT2D eigenvalue weighted by Gasteiger charge is -2.31. The average Bonchev–Trinajstić information content (AvgIpc) is 2.39. The van der Waals surface area contributed by atoms with Crippen molar-refractivity contribution < 1.29 is 0 Å². The van der Waals surface area contributed by atoms with Gasteiger partial charge in [-0.15, -0.1) is 0 Å². The summed E-state index contributed by atoms with van der Waals surface area (Å²) < 4.78 is 0. The van der Waals surface area contributed by atoms with Gasteiger partial charge in [-0.2, -0.15) is 0 Å². The summed E-state index contributed by atoms with van der Waals surface area (Å²) in [5.41, 5.74) is 5.91. The molecule has 2 aliphatic heterocycles. The van der Waals surface area contributed by atoms with E-state index in [0.717, 1.165) is 18.5 Å². The van der Waals surface area contributed by atoms with Gasteiger partial charge in [0.1, 0.15) is 0 Å². The van der Waals surface area contributed by atoms with Crippen LogP contribution < -0.4 is 5.73 Å². The highest BCUT2D eigenvalue weighted by molar-refractivity contribution is 4.92. The molecule has 0 aromatic heterocycles. The number of hydrogen-bond donors (Lipinski definition) is 1. The zero-order chi connectivity index (χ0) is 11.7. The maximum absolute atomic E-state index is 5.91. The molecule has 16 heavy (non-hydrogen) atoms. The molecule has 2 aliphatic rings. The first-order valence-electron chi connectivity index (χ1n) is 6.79. The van der Waals surface area contributed by atoms with Crippen LogP contribution in [0, 0.1) is 0 Å². The molecule has 0 aliphatic carbocycles. The van der Waals surface area contributed by atoms with E-state index in [-0.39, 0.29) is 0 Å². The maximum atomic E-state index is 5.91. The fraction of sp³-hybridized carbons (Fsp3) is 1.00. The minimum absolute atomic E-state index is 0.327. The van der Waals surface area contributed by atoms with Crippen LogP contribution in [0.15, 0.2) is 0 Å². The lowest BCUT2D eigenvalue weighted by Crippen LogP contribution is -2.42. The van der Waals surface area contributed by atoms with E-state index in [0.29, 0.717) is 12.1 Å². The molecule has 3 nitrogen and oxygen atoms in total. The maximum Gasteiger partial charge on any atom is 0.0223 e. The summed E-state index contributed by atoms with van der Waals surface area (Å²) in [4.78, 5) is 5.27. The molecule has 3 heteroatoms. The fourth-order valence-corrected chi connectivity index (χ4v) is 3.42. The van der Waals surface area contributed by atoms with Gasteiger partial charge in [0, 0.05) is 30.7 Å². The number of hydrogen-bond acceptors (Lipinski definition) is 3. The minimum Gasteiger partial charge on any atom is -0.328 e. The first kappa shape index (κ1) is 12.3. The molecule has 2 bridgehead atoms. The summed E-state index contributed by atoms with van der Waals surface area (Å²) in [6, 6.07) is 2.61. The predicted molar refractivity (Wildman–Crippen MR) is 68.5 cm³/mol. The molecule has 0 amide bonds. The number of nitrogens with zero attached hydrogens (tertiary/aromatic N) is 2. The van der Waals surface area contributed by atoms with Crippen LogP contribution >= 0.6 is 0 Å². The van der Waals surface area contributed by atoms with Crippen molar-refractivity contribution in [1.29, 1.82) is 0 Å². The third kappa shape index (κ3) is 2.58. The number of rotatable bonds is 3. The summed E-state index contributed by atoms with van der Waals surface area (Å²) in [6.07, 6.45) is 5.27. The summed E-state index contributed by atoms with van der Waals surface area (Å²) in [6.45, 7) is 6.97. The first-order chi connectivity index (χ1) is 7.58. The first-order valence-corrected chi connectivity index (χ1v) is 6.79. The van der Waals surface area contributed by atoms with Crippen molar-refractivity contribution in [2.45, 2.75) is 63.7 Å². The van der Waals surface area contributed by atoms with Crippen LogP contribution in [-0.4, -0.2) is 54.1 Å². The molecule has 2 fully saturated rings. The zero-order valence-electron chi connectivity index (χ0n) is 11.0. The number of likely N-dealkylation sites (tertiary alicyclic amines) is 1. The van der Waals surface area contributed by atoms with Gasteiger partial charge in [-0.3, -0.25) is 9.80 Å². The highest BCUT2D eigenvalue weighted by Crippen LogP contribution is 2.29. The Kier molecular flexibility index (Phi) is 3.88. The smallest absolute Gasteiger partial charge is 0.0223 e. The van der Waals surface area contributed by atoms with Crippen LogP contribution in [0.3, 0.4) is 0 Å². The summed E-state index contributed by atoms with van der Waals surface area (Å²) in [5, 5.41) is 0. The van der Waals surface area contributed by atoms with Crippen LogP contribution in [0.5, 0.6) is 0 Å². The van der Waals surface area contributed by atoms with Gasteiger partial charge in [0.2, 0.25) is 0 Å². The van der Waals surface area contributed by atoms with Gasteiger partial charge in [0.15, 0.2) is 0 Å². The van der Waals surface area contributed by atoms with Gasteiger partial charge in [-0.1, -0.05) is 0 Å². The van der Waals surface area contributed by atoms with Crippen molar-refractivity contribution in [3.63, 3.8) is 0 Å². The highest BCUT2D eigenvalue weighted by Gasteiger charge is 2.35. The molecule has 0 radical (unpaired) electrons. The van der Waals surface area contributed by atoms with Gasteiger partial charge in [-0.25, -0.2) is 0 Å². The van der Waals surface area contributed by atoms with Crippen LogP contribution in [-0.2, 0) is 0 Å². The molecular formula is C13H27N3. The Morgan fingerprint density at radius 3 is 2.56 bits per heavy atom. The number of nitrogens with two attached hydrogens (primary N) is 1. The lowest BCUT2D eigenvalue weighted by atomic mass is 10.0. The average molecular weight is 225 g/mol. The second-order valence-electron chi connectivity index (χ2n) is 5.90. The van der Waals surface area contributed by atoms with Crippen LogP contribution in [0.25, 0.3) is 0 Å². The van der Waals surface area contributed by atoms with E-state index in [9.17, 15) is 0 Å². The highest BCUT2D eigenvalue weighted by atomic mass is 15.3. The van der Waals surface area contributed by atoms with E-state index in [1.165, 1.54) is 32.4 Å². The lowest BCUT2D eigenvalue weighted by molar-refractivity contribution is 0.170. The zero-order valence-corrected chi connectivity index (χ0v) is 11.0. The Morgan fingerprint density at radius 2 is 1.88 bits per heavy atom. The van der Waals surface area contributed by atoms with Gasteiger partial charge in [0.25, 0.3) is 0 Å². The number of fused-ring (bicyclic) bond motifs is 2. The number of likely N-dealkylation sites (N-methyl/N-ethyl adjacent to an activating group) is 1. The third-order valence-electron chi connectivity index (χ3n) is 4.52. The largest absolute Gasteiger partial charge is 0.328 e. The van der Waals surface area contributed by atoms with Crippen molar-refractivity contribution in [3.05, 3.63) is 0 Å². The van der Waals surface area contributed by atoms with Crippen molar-refractivity contribution >= 4 is 0 Å². The molecular weight excluding hydrogens is 198 g/mol. The molecule has 0 saturated carbocycles. The van der Waals surface area contributed by atoms with Crippen molar-refractivity contribution in [3.8, 4) is 0 Å². The molecule has 0 spiro atoms. The van der Waals surface area contributed by atoms with Gasteiger partial charge < -0.3 is 5.73 Å². The topological polar surface area (TPSA) is 32.5 Å². The van der Waals surface area contributed by atoms with E-state index >= 15 is 0 Å². The van der Waals surface area contributed by atoms with Crippen LogP contribution in [0.1, 0.15) is 39.5 Å². The van der Waals surface area contributed by atoms with Gasteiger partial charge >= 0.3 is 0 Å². The molecule has 2 heterocycles. The van der Waals surface area contributed by atoms with E-state index in [1.807, 2.05) is 0 Å². The normalized spacial score (nSPS) is 36.0. The van der Waals surface area contributed by atoms with E-state index in [1.54, 1.807) is 0 Å². The second-order valence-corrected chi connectivity index (χ2v) is 5.90. The molecule has 2 rings (SSSR count). The van der Waals surface area contributed by atoms with Gasteiger partial charge in [-0.05, 0) is 53.1 Å². The Labute approximate surface area is 100.0 Å². The Bertz CT molecular complexity index is 229.